The fourth-order valence-electron chi connectivity index (χ4n) is 3.19. The Balaban J connectivity index is 1.80. The predicted octanol–water partition coefficient (Wildman–Crippen LogP) is 3.86. The van der Waals surface area contributed by atoms with E-state index in [-0.39, 0.29) is 18.3 Å². The first-order valence-corrected chi connectivity index (χ1v) is 9.61. The molecule has 0 radical (unpaired) electrons. The molecule has 0 saturated heterocycles. The van der Waals surface area contributed by atoms with E-state index in [0.29, 0.717) is 38.4 Å². The smallest absolute Gasteiger partial charge is 0.406 e. The zero-order valence-electron chi connectivity index (χ0n) is 16.5. The Morgan fingerprint density at radius 1 is 1.21 bits per heavy atom. The third-order valence-corrected chi connectivity index (χ3v) is 4.69. The lowest BCUT2D eigenvalue weighted by Gasteiger charge is -2.30. The Morgan fingerprint density at radius 2 is 2.00 bits per heavy atom. The van der Waals surface area contributed by atoms with E-state index in [1.165, 1.54) is 12.1 Å². The molecule has 0 spiro atoms. The topological polar surface area (TPSA) is 70.5 Å². The zero-order chi connectivity index (χ0) is 21.0. The normalized spacial score (nSPS) is 14.1. The number of fused-ring (bicyclic) bond motifs is 1. The summed E-state index contributed by atoms with van der Waals surface area (Å²) < 4.78 is 41.4. The van der Waals surface area contributed by atoms with Crippen LogP contribution in [0.25, 0.3) is 0 Å². The lowest BCUT2D eigenvalue weighted by atomic mass is 9.99. The van der Waals surface area contributed by atoms with Gasteiger partial charge in [-0.25, -0.2) is 4.98 Å². The molecule has 158 valence electrons. The fraction of sp³-hybridized carbons (Fsp3) is 0.500. The van der Waals surface area contributed by atoms with E-state index >= 15 is 0 Å². The molecule has 1 aliphatic heterocycles. The minimum absolute atomic E-state index is 0.0900. The first-order chi connectivity index (χ1) is 13.7. The van der Waals surface area contributed by atoms with Gasteiger partial charge in [-0.2, -0.15) is 4.98 Å². The van der Waals surface area contributed by atoms with Crippen molar-refractivity contribution in [2.45, 2.75) is 45.5 Å². The summed E-state index contributed by atoms with van der Waals surface area (Å²) in [7, 11) is 0. The van der Waals surface area contributed by atoms with Crippen LogP contribution < -0.4 is 15.0 Å². The Labute approximate surface area is 167 Å². The van der Waals surface area contributed by atoms with E-state index in [2.05, 4.69) is 38.8 Å². The number of hydrogen-bond acceptors (Lipinski definition) is 6. The molecule has 3 rings (SSSR count). The molecule has 0 fully saturated rings. The lowest BCUT2D eigenvalue weighted by Crippen LogP contribution is -2.31. The highest BCUT2D eigenvalue weighted by Crippen LogP contribution is 2.30. The molecule has 0 saturated carbocycles. The van der Waals surface area contributed by atoms with E-state index < -0.39 is 6.36 Å². The molecule has 6 nitrogen and oxygen atoms in total. The average Bonchev–Trinajstić information content (AvgIpc) is 2.66. The first kappa shape index (κ1) is 21.2. The number of aromatic nitrogens is 2. The van der Waals surface area contributed by atoms with Crippen molar-refractivity contribution in [1.82, 2.24) is 9.97 Å². The van der Waals surface area contributed by atoms with Crippen LogP contribution in [-0.2, 0) is 13.0 Å². The standard InChI is InChI=1S/C20H25F3N4O2/c1-13(2)17-11-18(26-19(25-17)24-7-3-9-28)27-8-6-14-10-16(29-20(21,22)23)5-4-15(14)12-27/h4-5,10-11,13,28H,3,6-9,12H2,1-2H3,(H,24,25,26). The van der Waals surface area contributed by atoms with Crippen molar-refractivity contribution in [1.29, 1.82) is 0 Å². The molecule has 2 heterocycles. The number of rotatable bonds is 7. The number of benzene rings is 1. The number of nitrogens with one attached hydrogen (secondary N) is 1. The molecule has 0 unspecified atom stereocenters. The van der Waals surface area contributed by atoms with Crippen molar-refractivity contribution in [3.8, 4) is 5.75 Å². The van der Waals surface area contributed by atoms with Gasteiger partial charge in [-0.1, -0.05) is 19.9 Å². The Kier molecular flexibility index (Phi) is 6.46. The molecule has 9 heteroatoms. The van der Waals surface area contributed by atoms with E-state index in [1.807, 2.05) is 6.07 Å². The third kappa shape index (κ3) is 5.72. The maximum absolute atomic E-state index is 12.4. The summed E-state index contributed by atoms with van der Waals surface area (Å²) in [4.78, 5) is 11.2. The van der Waals surface area contributed by atoms with Crippen LogP contribution in [0.3, 0.4) is 0 Å². The van der Waals surface area contributed by atoms with Crippen LogP contribution in [0.2, 0.25) is 0 Å². The van der Waals surface area contributed by atoms with Gasteiger partial charge in [-0.15, -0.1) is 13.2 Å². The summed E-state index contributed by atoms with van der Waals surface area (Å²) in [5.74, 6) is 1.31. The summed E-state index contributed by atoms with van der Waals surface area (Å²) in [5, 5.41) is 12.1. The van der Waals surface area contributed by atoms with Gasteiger partial charge in [0.15, 0.2) is 0 Å². The summed E-state index contributed by atoms with van der Waals surface area (Å²) in [6.07, 6.45) is -3.49. The maximum Gasteiger partial charge on any atom is 0.573 e. The highest BCUT2D eigenvalue weighted by Gasteiger charge is 2.31. The van der Waals surface area contributed by atoms with Crippen molar-refractivity contribution < 1.29 is 23.0 Å². The molecule has 2 aromatic rings. The molecule has 1 aliphatic rings. The summed E-state index contributed by atoms with van der Waals surface area (Å²) in [6, 6.07) is 6.43. The van der Waals surface area contributed by atoms with Gasteiger partial charge in [-0.3, -0.25) is 0 Å². The number of anilines is 2. The van der Waals surface area contributed by atoms with Crippen molar-refractivity contribution in [3.05, 3.63) is 41.1 Å². The van der Waals surface area contributed by atoms with E-state index in [4.69, 9.17) is 5.11 Å². The molecule has 0 aliphatic carbocycles. The molecule has 1 aromatic heterocycles. The van der Waals surface area contributed by atoms with Crippen molar-refractivity contribution >= 4 is 11.8 Å². The van der Waals surface area contributed by atoms with Gasteiger partial charge in [0.1, 0.15) is 11.6 Å². The highest BCUT2D eigenvalue weighted by atomic mass is 19.4. The van der Waals surface area contributed by atoms with Crippen LogP contribution in [0.15, 0.2) is 24.3 Å². The first-order valence-electron chi connectivity index (χ1n) is 9.61. The Hall–Kier alpha value is -2.55. The number of ether oxygens (including phenoxy) is 1. The molecule has 0 bridgehead atoms. The number of alkyl halides is 3. The Bertz CT molecular complexity index is 843. The molecular formula is C20H25F3N4O2. The summed E-state index contributed by atoms with van der Waals surface area (Å²) in [6.45, 7) is 5.95. The van der Waals surface area contributed by atoms with Gasteiger partial charge in [-0.05, 0) is 42.0 Å². The Morgan fingerprint density at radius 3 is 2.69 bits per heavy atom. The van der Waals surface area contributed by atoms with Gasteiger partial charge in [0.25, 0.3) is 0 Å². The monoisotopic (exact) mass is 410 g/mol. The van der Waals surface area contributed by atoms with Gasteiger partial charge in [0.2, 0.25) is 5.95 Å². The zero-order valence-corrected chi connectivity index (χ0v) is 16.5. The molecular weight excluding hydrogens is 385 g/mol. The highest BCUT2D eigenvalue weighted by molar-refractivity contribution is 5.49. The minimum atomic E-state index is -4.69. The number of halogens is 3. The minimum Gasteiger partial charge on any atom is -0.406 e. The van der Waals surface area contributed by atoms with Crippen molar-refractivity contribution in [3.63, 3.8) is 0 Å². The largest absolute Gasteiger partial charge is 0.573 e. The van der Waals surface area contributed by atoms with E-state index in [0.717, 1.165) is 22.6 Å². The second-order valence-electron chi connectivity index (χ2n) is 7.28. The molecule has 0 atom stereocenters. The maximum atomic E-state index is 12.4. The van der Waals surface area contributed by atoms with E-state index in [1.54, 1.807) is 6.07 Å². The molecule has 2 N–H and O–H groups in total. The fourth-order valence-corrected chi connectivity index (χ4v) is 3.19. The van der Waals surface area contributed by atoms with Gasteiger partial charge < -0.3 is 20.1 Å². The van der Waals surface area contributed by atoms with Gasteiger partial charge >= 0.3 is 6.36 Å². The summed E-state index contributed by atoms with van der Waals surface area (Å²) in [5.41, 5.74) is 2.70. The third-order valence-electron chi connectivity index (χ3n) is 4.69. The van der Waals surface area contributed by atoms with Crippen molar-refractivity contribution in [2.75, 3.05) is 29.9 Å². The lowest BCUT2D eigenvalue weighted by molar-refractivity contribution is -0.274. The van der Waals surface area contributed by atoms with Gasteiger partial charge in [0, 0.05) is 32.3 Å². The number of aliphatic hydroxyl groups excluding tert-OH is 1. The van der Waals surface area contributed by atoms with Crippen LogP contribution in [0.1, 0.15) is 43.0 Å². The van der Waals surface area contributed by atoms with Crippen LogP contribution in [0.5, 0.6) is 5.75 Å². The van der Waals surface area contributed by atoms with Crippen LogP contribution in [-0.4, -0.2) is 41.1 Å². The summed E-state index contributed by atoms with van der Waals surface area (Å²) >= 11 is 0. The molecule has 29 heavy (non-hydrogen) atoms. The van der Waals surface area contributed by atoms with Gasteiger partial charge in [0.05, 0.1) is 5.69 Å². The molecule has 0 amide bonds. The SMILES string of the molecule is CC(C)c1cc(N2CCc3cc(OC(F)(F)F)ccc3C2)nc(NCCCO)n1. The van der Waals surface area contributed by atoms with Crippen molar-refractivity contribution in [2.24, 2.45) is 0 Å². The second-order valence-corrected chi connectivity index (χ2v) is 7.28. The number of aliphatic hydroxyl groups is 1. The second kappa shape index (κ2) is 8.86. The number of hydrogen-bond donors (Lipinski definition) is 2. The van der Waals surface area contributed by atoms with Crippen LogP contribution in [0, 0.1) is 0 Å². The quantitative estimate of drug-likeness (QED) is 0.676. The predicted molar refractivity (Wildman–Crippen MR) is 104 cm³/mol. The molecule has 1 aromatic carbocycles. The van der Waals surface area contributed by atoms with Crippen LogP contribution >= 0.6 is 0 Å². The average molecular weight is 410 g/mol. The van der Waals surface area contributed by atoms with E-state index in [9.17, 15) is 13.2 Å². The van der Waals surface area contributed by atoms with Crippen LogP contribution in [0.4, 0.5) is 24.9 Å². The number of nitrogens with zero attached hydrogens (tertiary/aromatic N) is 3.